The molecule has 0 aromatic heterocycles. The Bertz CT molecular complexity index is 684. The van der Waals surface area contributed by atoms with E-state index in [1.165, 1.54) is 10.4 Å². The highest BCUT2D eigenvalue weighted by Gasteiger charge is 2.40. The van der Waals surface area contributed by atoms with E-state index in [4.69, 9.17) is 5.73 Å². The molecule has 1 atom stereocenters. The molecule has 6 nitrogen and oxygen atoms in total. The van der Waals surface area contributed by atoms with Crippen LogP contribution in [0.2, 0.25) is 0 Å². The van der Waals surface area contributed by atoms with Gasteiger partial charge in [0, 0.05) is 19.6 Å². The van der Waals surface area contributed by atoms with Crippen LogP contribution in [-0.4, -0.2) is 49.2 Å². The lowest BCUT2D eigenvalue weighted by molar-refractivity contribution is -0.135. The Hall–Kier alpha value is -1.60. The number of sulfonamides is 1. The molecule has 2 saturated heterocycles. The SMILES string of the molecule is Nc1ccccc1S(=O)(=O)N1CCCC[C@H]1C(=O)N1CCCC1. The van der Waals surface area contributed by atoms with Gasteiger partial charge in [-0.05, 0) is 37.8 Å². The Morgan fingerprint density at radius 2 is 1.70 bits per heavy atom. The molecule has 0 saturated carbocycles. The third-order valence-electron chi connectivity index (χ3n) is 4.66. The zero-order valence-electron chi connectivity index (χ0n) is 13.1. The fourth-order valence-electron chi connectivity index (χ4n) is 3.43. The summed E-state index contributed by atoms with van der Waals surface area (Å²) < 4.78 is 27.4. The van der Waals surface area contributed by atoms with Gasteiger partial charge in [0.05, 0.1) is 5.69 Å². The maximum atomic E-state index is 13.0. The van der Waals surface area contributed by atoms with Gasteiger partial charge in [-0.3, -0.25) is 4.79 Å². The number of carbonyl (C=O) groups is 1. The number of hydrogen-bond donors (Lipinski definition) is 1. The van der Waals surface area contributed by atoms with E-state index in [9.17, 15) is 13.2 Å². The molecule has 1 aromatic carbocycles. The van der Waals surface area contributed by atoms with Gasteiger partial charge < -0.3 is 10.6 Å². The summed E-state index contributed by atoms with van der Waals surface area (Å²) in [6.07, 6.45) is 4.23. The fourth-order valence-corrected chi connectivity index (χ4v) is 5.20. The topological polar surface area (TPSA) is 83.7 Å². The third kappa shape index (κ3) is 3.07. The van der Waals surface area contributed by atoms with E-state index >= 15 is 0 Å². The van der Waals surface area contributed by atoms with Crippen LogP contribution in [-0.2, 0) is 14.8 Å². The number of nitrogens with two attached hydrogens (primary N) is 1. The monoisotopic (exact) mass is 337 g/mol. The van der Waals surface area contributed by atoms with Crippen LogP contribution in [0.15, 0.2) is 29.2 Å². The fraction of sp³-hybridized carbons (Fsp3) is 0.562. The summed E-state index contributed by atoms with van der Waals surface area (Å²) in [5.74, 6) is -0.0553. The van der Waals surface area contributed by atoms with Gasteiger partial charge in [0.25, 0.3) is 0 Å². The van der Waals surface area contributed by atoms with Gasteiger partial charge >= 0.3 is 0 Å². The Balaban J connectivity index is 1.91. The zero-order valence-corrected chi connectivity index (χ0v) is 14.0. The molecular formula is C16H23N3O3S. The van der Waals surface area contributed by atoms with E-state index in [0.29, 0.717) is 13.0 Å². The average molecular weight is 337 g/mol. The van der Waals surface area contributed by atoms with Crippen LogP contribution in [0, 0.1) is 0 Å². The molecule has 2 fully saturated rings. The van der Waals surface area contributed by atoms with Crippen molar-refractivity contribution in [2.75, 3.05) is 25.4 Å². The van der Waals surface area contributed by atoms with Crippen molar-refractivity contribution in [2.45, 2.75) is 43.0 Å². The number of likely N-dealkylation sites (tertiary alicyclic amines) is 1. The molecule has 2 N–H and O–H groups in total. The van der Waals surface area contributed by atoms with Crippen LogP contribution in [0.4, 0.5) is 5.69 Å². The minimum atomic E-state index is -3.76. The molecule has 2 heterocycles. The predicted molar refractivity (Wildman–Crippen MR) is 88.2 cm³/mol. The molecule has 0 unspecified atom stereocenters. The molecule has 3 rings (SSSR count). The van der Waals surface area contributed by atoms with Crippen molar-refractivity contribution in [2.24, 2.45) is 0 Å². The van der Waals surface area contributed by atoms with Gasteiger partial charge in [0.1, 0.15) is 10.9 Å². The van der Waals surface area contributed by atoms with Gasteiger partial charge in [0.2, 0.25) is 15.9 Å². The van der Waals surface area contributed by atoms with Gasteiger partial charge in [0.15, 0.2) is 0 Å². The highest BCUT2D eigenvalue weighted by atomic mass is 32.2. The van der Waals surface area contributed by atoms with Gasteiger partial charge in [-0.2, -0.15) is 4.31 Å². The van der Waals surface area contributed by atoms with Crippen molar-refractivity contribution < 1.29 is 13.2 Å². The van der Waals surface area contributed by atoms with Crippen LogP contribution >= 0.6 is 0 Å². The standard InChI is InChI=1S/C16H23N3O3S/c17-13-7-1-2-9-15(13)23(21,22)19-12-4-3-8-14(19)16(20)18-10-5-6-11-18/h1-2,7,9,14H,3-6,8,10-12,17H2/t14-/m0/s1. The number of amides is 1. The predicted octanol–water partition coefficient (Wildman–Crippen LogP) is 1.43. The summed E-state index contributed by atoms with van der Waals surface area (Å²) in [6.45, 7) is 1.84. The molecule has 0 spiro atoms. The first-order chi connectivity index (χ1) is 11.0. The molecule has 126 valence electrons. The van der Waals surface area contributed by atoms with Crippen LogP contribution < -0.4 is 5.73 Å². The molecule has 23 heavy (non-hydrogen) atoms. The maximum Gasteiger partial charge on any atom is 0.245 e. The van der Waals surface area contributed by atoms with E-state index in [2.05, 4.69) is 0 Å². The molecule has 0 aliphatic carbocycles. The molecule has 1 amide bonds. The van der Waals surface area contributed by atoms with Crippen LogP contribution in [0.25, 0.3) is 0 Å². The Kier molecular flexibility index (Phi) is 4.59. The number of nitrogen functional groups attached to an aromatic ring is 1. The number of rotatable bonds is 3. The second kappa shape index (κ2) is 6.49. The lowest BCUT2D eigenvalue weighted by Crippen LogP contribution is -2.52. The largest absolute Gasteiger partial charge is 0.398 e. The minimum Gasteiger partial charge on any atom is -0.398 e. The van der Waals surface area contributed by atoms with Crippen molar-refractivity contribution in [3.63, 3.8) is 0 Å². The summed E-state index contributed by atoms with van der Waals surface area (Å²) in [7, 11) is -3.76. The second-order valence-corrected chi connectivity index (χ2v) is 8.06. The zero-order chi connectivity index (χ0) is 16.4. The Labute approximate surface area is 137 Å². The molecule has 0 bridgehead atoms. The number of piperidine rings is 1. The quantitative estimate of drug-likeness (QED) is 0.846. The summed E-state index contributed by atoms with van der Waals surface area (Å²) in [6, 6.07) is 5.86. The summed E-state index contributed by atoms with van der Waals surface area (Å²) in [5, 5.41) is 0. The highest BCUT2D eigenvalue weighted by molar-refractivity contribution is 7.89. The second-order valence-electron chi connectivity index (χ2n) is 6.20. The number of benzene rings is 1. The van der Waals surface area contributed by atoms with E-state index in [-0.39, 0.29) is 16.5 Å². The first-order valence-electron chi connectivity index (χ1n) is 8.17. The normalized spacial score (nSPS) is 23.1. The number of nitrogens with zero attached hydrogens (tertiary/aromatic N) is 2. The number of para-hydroxylation sites is 1. The lowest BCUT2D eigenvalue weighted by atomic mass is 10.0. The lowest BCUT2D eigenvalue weighted by Gasteiger charge is -2.35. The van der Waals surface area contributed by atoms with Crippen molar-refractivity contribution in [3.05, 3.63) is 24.3 Å². The van der Waals surface area contributed by atoms with Crippen molar-refractivity contribution in [1.29, 1.82) is 0 Å². The average Bonchev–Trinajstić information content (AvgIpc) is 3.09. The van der Waals surface area contributed by atoms with Crippen LogP contribution in [0.1, 0.15) is 32.1 Å². The van der Waals surface area contributed by atoms with Gasteiger partial charge in [-0.15, -0.1) is 0 Å². The van der Waals surface area contributed by atoms with Gasteiger partial charge in [-0.1, -0.05) is 18.6 Å². The number of hydrogen-bond acceptors (Lipinski definition) is 4. The van der Waals surface area contributed by atoms with E-state index < -0.39 is 16.1 Å². The summed E-state index contributed by atoms with van der Waals surface area (Å²) >= 11 is 0. The Morgan fingerprint density at radius 1 is 1.04 bits per heavy atom. The highest BCUT2D eigenvalue weighted by Crippen LogP contribution is 2.29. The molecule has 2 aliphatic heterocycles. The van der Waals surface area contributed by atoms with Crippen molar-refractivity contribution in [3.8, 4) is 0 Å². The molecule has 1 aromatic rings. The first kappa shape index (κ1) is 16.3. The molecular weight excluding hydrogens is 314 g/mol. The third-order valence-corrected chi connectivity index (χ3v) is 6.64. The summed E-state index contributed by atoms with van der Waals surface area (Å²) in [5.41, 5.74) is 6.08. The minimum absolute atomic E-state index is 0.0553. The molecule has 2 aliphatic rings. The van der Waals surface area contributed by atoms with Crippen LogP contribution in [0.3, 0.4) is 0 Å². The van der Waals surface area contributed by atoms with Crippen molar-refractivity contribution >= 4 is 21.6 Å². The van der Waals surface area contributed by atoms with Crippen LogP contribution in [0.5, 0.6) is 0 Å². The first-order valence-corrected chi connectivity index (χ1v) is 9.61. The maximum absolute atomic E-state index is 13.0. The van der Waals surface area contributed by atoms with E-state index in [1.807, 2.05) is 0 Å². The van der Waals surface area contributed by atoms with E-state index in [0.717, 1.165) is 38.8 Å². The van der Waals surface area contributed by atoms with Crippen molar-refractivity contribution in [1.82, 2.24) is 9.21 Å². The summed E-state index contributed by atoms with van der Waals surface area (Å²) in [4.78, 5) is 14.7. The van der Waals surface area contributed by atoms with E-state index in [1.54, 1.807) is 23.1 Å². The van der Waals surface area contributed by atoms with Gasteiger partial charge in [-0.25, -0.2) is 8.42 Å². The number of anilines is 1. The Morgan fingerprint density at radius 3 is 2.39 bits per heavy atom. The molecule has 7 heteroatoms. The number of carbonyl (C=O) groups excluding carboxylic acids is 1. The smallest absolute Gasteiger partial charge is 0.245 e. The molecule has 0 radical (unpaired) electrons.